The fourth-order valence-electron chi connectivity index (χ4n) is 3.60. The van der Waals surface area contributed by atoms with Gasteiger partial charge in [0.1, 0.15) is 0 Å². The number of hydrogen-bond acceptors (Lipinski definition) is 2. The Morgan fingerprint density at radius 1 is 0.512 bits per heavy atom. The summed E-state index contributed by atoms with van der Waals surface area (Å²) in [5.41, 5.74) is -2.18. The van der Waals surface area contributed by atoms with Crippen molar-refractivity contribution in [1.82, 2.24) is 9.80 Å². The van der Waals surface area contributed by atoms with Crippen molar-refractivity contribution in [3.05, 3.63) is 11.8 Å². The van der Waals surface area contributed by atoms with Crippen LogP contribution < -0.4 is 0 Å². The highest BCUT2D eigenvalue weighted by Gasteiger charge is 2.91. The standard InChI is InChI=1S/C25H37F13N2O/c1-5-9-13-39(14-10-6-2)18(17-19(41)40(15-11-7-3)16-12-8-4)20(26,27)21(28,29)22(30,31)23(32,33)24(34,35)25(36,37)38/h17H,5-16H2,1-4H3/b18-17-. The lowest BCUT2D eigenvalue weighted by atomic mass is 9.91. The van der Waals surface area contributed by atoms with Crippen LogP contribution in [-0.2, 0) is 4.79 Å². The molecule has 0 unspecified atom stereocenters. The Balaban J connectivity index is 7.25. The van der Waals surface area contributed by atoms with Crippen molar-refractivity contribution < 1.29 is 61.9 Å². The first kappa shape index (κ1) is 39.1. The minimum atomic E-state index is -8.01. The molecule has 0 atom stereocenters. The molecule has 0 N–H and O–H groups in total. The van der Waals surface area contributed by atoms with Crippen molar-refractivity contribution in [1.29, 1.82) is 0 Å². The highest BCUT2D eigenvalue weighted by atomic mass is 19.4. The van der Waals surface area contributed by atoms with E-state index in [9.17, 15) is 53.1 Å². The van der Waals surface area contributed by atoms with Crippen molar-refractivity contribution >= 4 is 5.91 Å². The quantitative estimate of drug-likeness (QED) is 0.105. The average molecular weight is 629 g/mol. The fourth-order valence-corrected chi connectivity index (χ4v) is 3.60. The first-order valence-corrected chi connectivity index (χ1v) is 13.3. The lowest BCUT2D eigenvalue weighted by Crippen LogP contribution is -2.70. The van der Waals surface area contributed by atoms with E-state index in [0.717, 1.165) is 4.90 Å². The lowest BCUT2D eigenvalue weighted by Gasteiger charge is -2.42. The maximum atomic E-state index is 15.4. The predicted octanol–water partition coefficient (Wildman–Crippen LogP) is 8.94. The van der Waals surface area contributed by atoms with Crippen LogP contribution in [0.1, 0.15) is 79.1 Å². The van der Waals surface area contributed by atoms with Gasteiger partial charge < -0.3 is 9.80 Å². The Kier molecular flexibility index (Phi) is 14.3. The number of nitrogens with zero attached hydrogens (tertiary/aromatic N) is 2. The van der Waals surface area contributed by atoms with Crippen molar-refractivity contribution in [2.45, 2.75) is 115 Å². The summed E-state index contributed by atoms with van der Waals surface area (Å²) in [7, 11) is 0. The van der Waals surface area contributed by atoms with Gasteiger partial charge in [0, 0.05) is 32.3 Å². The molecule has 0 aromatic heterocycles. The third-order valence-electron chi connectivity index (χ3n) is 6.29. The van der Waals surface area contributed by atoms with Crippen LogP contribution in [0.2, 0.25) is 0 Å². The molecule has 0 aliphatic heterocycles. The van der Waals surface area contributed by atoms with Crippen LogP contribution in [0.5, 0.6) is 0 Å². The first-order valence-electron chi connectivity index (χ1n) is 13.3. The lowest BCUT2D eigenvalue weighted by molar-refractivity contribution is -0.437. The Morgan fingerprint density at radius 3 is 1.15 bits per heavy atom. The molecule has 16 heteroatoms. The molecule has 0 bridgehead atoms. The number of halogens is 13. The largest absolute Gasteiger partial charge is 0.460 e. The summed E-state index contributed by atoms with van der Waals surface area (Å²) in [5.74, 6) is -39.1. The molecule has 41 heavy (non-hydrogen) atoms. The van der Waals surface area contributed by atoms with Crippen LogP contribution in [-0.4, -0.2) is 77.7 Å². The number of carbonyl (C=O) groups is 1. The van der Waals surface area contributed by atoms with Crippen LogP contribution >= 0.6 is 0 Å². The van der Waals surface area contributed by atoms with Crippen LogP contribution in [0.4, 0.5) is 57.1 Å². The minimum absolute atomic E-state index is 0.0367. The van der Waals surface area contributed by atoms with Crippen LogP contribution in [0.25, 0.3) is 0 Å². The van der Waals surface area contributed by atoms with Gasteiger partial charge in [-0.1, -0.05) is 53.4 Å². The second kappa shape index (κ2) is 15.0. The van der Waals surface area contributed by atoms with Gasteiger partial charge in [-0.05, 0) is 25.7 Å². The van der Waals surface area contributed by atoms with E-state index in [0.29, 0.717) is 30.6 Å². The van der Waals surface area contributed by atoms with Crippen LogP contribution in [0.15, 0.2) is 11.8 Å². The summed E-state index contributed by atoms with van der Waals surface area (Å²) < 4.78 is 181. The molecular formula is C25H37F13N2O. The molecular weight excluding hydrogens is 591 g/mol. The molecule has 1 amide bonds. The Labute approximate surface area is 231 Å². The number of unbranched alkanes of at least 4 members (excludes halogenated alkanes) is 4. The van der Waals surface area contributed by atoms with E-state index < -0.39 is 60.5 Å². The van der Waals surface area contributed by atoms with Crippen molar-refractivity contribution in [2.24, 2.45) is 0 Å². The maximum Gasteiger partial charge on any atom is 0.460 e. The van der Waals surface area contributed by atoms with E-state index in [1.807, 2.05) is 0 Å². The highest BCUT2D eigenvalue weighted by molar-refractivity contribution is 5.88. The van der Waals surface area contributed by atoms with Gasteiger partial charge >= 0.3 is 35.8 Å². The molecule has 0 radical (unpaired) electrons. The van der Waals surface area contributed by atoms with Gasteiger partial charge in [-0.3, -0.25) is 4.79 Å². The average Bonchev–Trinajstić information content (AvgIpc) is 2.86. The highest BCUT2D eigenvalue weighted by Crippen LogP contribution is 2.61. The number of hydrogen-bond donors (Lipinski definition) is 0. The SMILES string of the molecule is CCCCN(CCCC)C(=O)/C=C(\N(CCCC)CCCC)C(F)(F)C(F)(F)C(F)(F)C(F)(F)C(F)(F)C(F)(F)F. The zero-order chi connectivity index (χ0) is 32.5. The van der Waals surface area contributed by atoms with E-state index in [1.165, 1.54) is 13.8 Å². The van der Waals surface area contributed by atoms with Gasteiger partial charge in [-0.15, -0.1) is 0 Å². The fraction of sp³-hybridized carbons (Fsp3) is 0.880. The predicted molar refractivity (Wildman–Crippen MR) is 127 cm³/mol. The summed E-state index contributed by atoms with van der Waals surface area (Å²) in [6.45, 7) is 5.20. The van der Waals surface area contributed by atoms with Gasteiger partial charge in [0.15, 0.2) is 0 Å². The second-order valence-electron chi connectivity index (χ2n) is 9.63. The van der Waals surface area contributed by atoms with Gasteiger partial charge in [0.05, 0.1) is 5.70 Å². The number of amides is 1. The van der Waals surface area contributed by atoms with Gasteiger partial charge in [-0.2, -0.15) is 57.1 Å². The number of allylic oxidation sites excluding steroid dienone is 1. The molecule has 0 fully saturated rings. The van der Waals surface area contributed by atoms with Gasteiger partial charge in [0.2, 0.25) is 5.91 Å². The summed E-state index contributed by atoms with van der Waals surface area (Å²) >= 11 is 0. The maximum absolute atomic E-state index is 15.4. The molecule has 0 aliphatic carbocycles. The zero-order valence-corrected chi connectivity index (χ0v) is 23.3. The summed E-state index contributed by atoms with van der Waals surface area (Å²) in [5, 5.41) is 0. The first-order chi connectivity index (χ1) is 18.6. The molecule has 0 aromatic carbocycles. The number of carbonyl (C=O) groups excluding carboxylic acids is 1. The number of alkyl halides is 13. The van der Waals surface area contributed by atoms with E-state index >= 15 is 8.78 Å². The molecule has 0 heterocycles. The molecule has 0 saturated carbocycles. The van der Waals surface area contributed by atoms with E-state index in [4.69, 9.17) is 0 Å². The van der Waals surface area contributed by atoms with Gasteiger partial charge in [0.25, 0.3) is 0 Å². The Bertz CT molecular complexity index is 826. The third-order valence-corrected chi connectivity index (χ3v) is 6.29. The summed E-state index contributed by atoms with van der Waals surface area (Å²) in [6, 6.07) is 0. The van der Waals surface area contributed by atoms with E-state index in [-0.39, 0.29) is 44.8 Å². The van der Waals surface area contributed by atoms with Crippen molar-refractivity contribution in [3.63, 3.8) is 0 Å². The molecule has 0 aromatic rings. The third kappa shape index (κ3) is 8.35. The van der Waals surface area contributed by atoms with E-state index in [1.54, 1.807) is 13.8 Å². The molecule has 244 valence electrons. The topological polar surface area (TPSA) is 23.6 Å². The van der Waals surface area contributed by atoms with Gasteiger partial charge in [-0.25, -0.2) is 0 Å². The molecule has 3 nitrogen and oxygen atoms in total. The van der Waals surface area contributed by atoms with E-state index in [2.05, 4.69) is 0 Å². The zero-order valence-electron chi connectivity index (χ0n) is 23.3. The number of rotatable bonds is 19. The molecule has 0 rings (SSSR count). The summed E-state index contributed by atoms with van der Waals surface area (Å²) in [4.78, 5) is 14.3. The molecule has 0 saturated heterocycles. The molecule has 0 aliphatic rings. The minimum Gasteiger partial charge on any atom is -0.370 e. The van der Waals surface area contributed by atoms with Crippen molar-refractivity contribution in [2.75, 3.05) is 26.2 Å². The molecule has 0 spiro atoms. The van der Waals surface area contributed by atoms with Crippen LogP contribution in [0.3, 0.4) is 0 Å². The Morgan fingerprint density at radius 2 is 0.829 bits per heavy atom. The van der Waals surface area contributed by atoms with Crippen LogP contribution in [0, 0.1) is 0 Å². The van der Waals surface area contributed by atoms with Crippen molar-refractivity contribution in [3.8, 4) is 0 Å². The smallest absolute Gasteiger partial charge is 0.370 e. The monoisotopic (exact) mass is 628 g/mol. The summed E-state index contributed by atoms with van der Waals surface area (Å²) in [6.07, 6.45) is -5.62. The Hall–Kier alpha value is -1.90. The normalized spacial score (nSPS) is 14.4. The second-order valence-corrected chi connectivity index (χ2v) is 9.63.